The molecule has 14 heavy (non-hydrogen) atoms. The van der Waals surface area contributed by atoms with Crippen molar-refractivity contribution in [3.63, 3.8) is 0 Å². The lowest BCUT2D eigenvalue weighted by Gasteiger charge is -2.35. The fraction of sp³-hybridized carbons (Fsp3) is 1.00. The SMILES string of the molecule is CC1CN(C(C)CNC2CC2)CCS1. The van der Waals surface area contributed by atoms with Crippen LogP contribution in [0.15, 0.2) is 0 Å². The molecule has 0 bridgehead atoms. The van der Waals surface area contributed by atoms with Crippen LogP contribution in [0.5, 0.6) is 0 Å². The van der Waals surface area contributed by atoms with Crippen LogP contribution in [0.2, 0.25) is 0 Å². The van der Waals surface area contributed by atoms with Gasteiger partial charge in [-0.25, -0.2) is 0 Å². The third kappa shape index (κ3) is 3.14. The quantitative estimate of drug-likeness (QED) is 0.764. The van der Waals surface area contributed by atoms with E-state index in [1.165, 1.54) is 38.2 Å². The average molecular weight is 214 g/mol. The number of rotatable bonds is 4. The Labute approximate surface area is 91.8 Å². The van der Waals surface area contributed by atoms with Gasteiger partial charge < -0.3 is 5.32 Å². The van der Waals surface area contributed by atoms with Gasteiger partial charge >= 0.3 is 0 Å². The lowest BCUT2D eigenvalue weighted by atomic mass is 10.2. The summed E-state index contributed by atoms with van der Waals surface area (Å²) >= 11 is 2.11. The Hall–Kier alpha value is 0.270. The summed E-state index contributed by atoms with van der Waals surface area (Å²) in [4.78, 5) is 2.64. The van der Waals surface area contributed by atoms with Gasteiger partial charge in [-0.2, -0.15) is 11.8 Å². The molecule has 2 nitrogen and oxygen atoms in total. The highest BCUT2D eigenvalue weighted by Crippen LogP contribution is 2.21. The van der Waals surface area contributed by atoms with E-state index in [9.17, 15) is 0 Å². The van der Waals surface area contributed by atoms with Crippen LogP contribution >= 0.6 is 11.8 Å². The van der Waals surface area contributed by atoms with E-state index in [1.807, 2.05) is 0 Å². The molecular formula is C11H22N2S. The zero-order chi connectivity index (χ0) is 9.97. The molecule has 0 aromatic heterocycles. The molecule has 2 atom stereocenters. The molecule has 1 N–H and O–H groups in total. The summed E-state index contributed by atoms with van der Waals surface area (Å²) in [5.41, 5.74) is 0. The van der Waals surface area contributed by atoms with Gasteiger partial charge in [0, 0.05) is 42.7 Å². The molecule has 0 radical (unpaired) electrons. The summed E-state index contributed by atoms with van der Waals surface area (Å²) < 4.78 is 0. The summed E-state index contributed by atoms with van der Waals surface area (Å²) in [5.74, 6) is 1.31. The molecule has 1 aliphatic carbocycles. The van der Waals surface area contributed by atoms with Crippen molar-refractivity contribution in [3.8, 4) is 0 Å². The standard InChI is InChI=1S/C11H22N2S/c1-9(7-12-11-3-4-11)13-5-6-14-10(2)8-13/h9-12H,3-8H2,1-2H3. The molecular weight excluding hydrogens is 192 g/mol. The fourth-order valence-corrected chi connectivity index (χ4v) is 3.04. The summed E-state index contributed by atoms with van der Waals surface area (Å²) in [6, 6.07) is 1.58. The Morgan fingerprint density at radius 2 is 2.29 bits per heavy atom. The van der Waals surface area contributed by atoms with Crippen molar-refractivity contribution < 1.29 is 0 Å². The van der Waals surface area contributed by atoms with Gasteiger partial charge in [-0.1, -0.05) is 6.92 Å². The van der Waals surface area contributed by atoms with Crippen LogP contribution in [0.4, 0.5) is 0 Å². The summed E-state index contributed by atoms with van der Waals surface area (Å²) in [5, 5.41) is 4.45. The molecule has 3 heteroatoms. The molecule has 1 saturated heterocycles. The Kier molecular flexibility index (Phi) is 3.74. The van der Waals surface area contributed by atoms with Gasteiger partial charge in [-0.15, -0.1) is 0 Å². The third-order valence-corrected chi connectivity index (χ3v) is 4.31. The highest BCUT2D eigenvalue weighted by molar-refractivity contribution is 7.99. The third-order valence-electron chi connectivity index (χ3n) is 3.18. The van der Waals surface area contributed by atoms with E-state index in [0.29, 0.717) is 0 Å². The van der Waals surface area contributed by atoms with Crippen LogP contribution in [0.3, 0.4) is 0 Å². The van der Waals surface area contributed by atoms with Crippen LogP contribution in [0, 0.1) is 0 Å². The Balaban J connectivity index is 1.68. The molecule has 2 unspecified atom stereocenters. The molecule has 0 aromatic rings. The Morgan fingerprint density at radius 3 is 2.93 bits per heavy atom. The summed E-state index contributed by atoms with van der Waals surface area (Å²) in [7, 11) is 0. The highest BCUT2D eigenvalue weighted by atomic mass is 32.2. The van der Waals surface area contributed by atoms with Gasteiger partial charge in [0.25, 0.3) is 0 Å². The highest BCUT2D eigenvalue weighted by Gasteiger charge is 2.24. The largest absolute Gasteiger partial charge is 0.312 e. The molecule has 0 amide bonds. The van der Waals surface area contributed by atoms with E-state index in [2.05, 4.69) is 35.8 Å². The molecule has 1 aliphatic heterocycles. The van der Waals surface area contributed by atoms with Crippen molar-refractivity contribution in [2.45, 2.75) is 44.0 Å². The number of nitrogens with one attached hydrogen (secondary N) is 1. The molecule has 1 heterocycles. The van der Waals surface area contributed by atoms with Crippen LogP contribution in [0.1, 0.15) is 26.7 Å². The molecule has 0 aromatic carbocycles. The van der Waals surface area contributed by atoms with Gasteiger partial charge in [-0.05, 0) is 19.8 Å². The predicted octanol–water partition coefficient (Wildman–Crippen LogP) is 1.56. The van der Waals surface area contributed by atoms with Crippen molar-refractivity contribution in [3.05, 3.63) is 0 Å². The zero-order valence-corrected chi connectivity index (χ0v) is 10.1. The molecule has 82 valence electrons. The first-order chi connectivity index (χ1) is 6.75. The summed E-state index contributed by atoms with van der Waals surface area (Å²) in [6.45, 7) is 8.44. The smallest absolute Gasteiger partial charge is 0.0193 e. The van der Waals surface area contributed by atoms with Crippen molar-refractivity contribution >= 4 is 11.8 Å². The van der Waals surface area contributed by atoms with Gasteiger partial charge in [0.2, 0.25) is 0 Å². The number of thioether (sulfide) groups is 1. The number of nitrogens with zero attached hydrogens (tertiary/aromatic N) is 1. The Bertz CT molecular complexity index is 182. The minimum atomic E-state index is 0.721. The van der Waals surface area contributed by atoms with Gasteiger partial charge in [-0.3, -0.25) is 4.90 Å². The normalized spacial score (nSPS) is 31.7. The lowest BCUT2D eigenvalue weighted by Crippen LogP contribution is -2.46. The molecule has 2 rings (SSSR count). The molecule has 2 fully saturated rings. The topological polar surface area (TPSA) is 15.3 Å². The minimum absolute atomic E-state index is 0.721. The van der Waals surface area contributed by atoms with E-state index < -0.39 is 0 Å². The van der Waals surface area contributed by atoms with E-state index >= 15 is 0 Å². The number of hydrogen-bond donors (Lipinski definition) is 1. The van der Waals surface area contributed by atoms with Crippen LogP contribution in [-0.4, -0.2) is 47.6 Å². The zero-order valence-electron chi connectivity index (χ0n) is 9.33. The predicted molar refractivity (Wildman–Crippen MR) is 64.0 cm³/mol. The molecule has 0 spiro atoms. The average Bonchev–Trinajstić information content (AvgIpc) is 2.97. The van der Waals surface area contributed by atoms with Crippen molar-refractivity contribution in [2.75, 3.05) is 25.4 Å². The maximum atomic E-state index is 3.62. The minimum Gasteiger partial charge on any atom is -0.312 e. The first-order valence-corrected chi connectivity index (χ1v) is 6.89. The van der Waals surface area contributed by atoms with E-state index in [0.717, 1.165) is 17.3 Å². The second-order valence-electron chi connectivity index (χ2n) is 4.71. The molecule has 1 saturated carbocycles. The Morgan fingerprint density at radius 1 is 1.50 bits per heavy atom. The van der Waals surface area contributed by atoms with Gasteiger partial charge in [0.15, 0.2) is 0 Å². The van der Waals surface area contributed by atoms with E-state index in [-0.39, 0.29) is 0 Å². The van der Waals surface area contributed by atoms with Gasteiger partial charge in [0.05, 0.1) is 0 Å². The van der Waals surface area contributed by atoms with Gasteiger partial charge in [0.1, 0.15) is 0 Å². The van der Waals surface area contributed by atoms with Crippen LogP contribution < -0.4 is 5.32 Å². The van der Waals surface area contributed by atoms with Crippen LogP contribution in [-0.2, 0) is 0 Å². The second kappa shape index (κ2) is 4.86. The van der Waals surface area contributed by atoms with E-state index in [1.54, 1.807) is 0 Å². The maximum absolute atomic E-state index is 3.62. The first kappa shape index (κ1) is 10.8. The number of hydrogen-bond acceptors (Lipinski definition) is 3. The fourth-order valence-electron chi connectivity index (χ4n) is 2.00. The monoisotopic (exact) mass is 214 g/mol. The maximum Gasteiger partial charge on any atom is 0.0193 e. The van der Waals surface area contributed by atoms with E-state index in [4.69, 9.17) is 0 Å². The van der Waals surface area contributed by atoms with Crippen LogP contribution in [0.25, 0.3) is 0 Å². The second-order valence-corrected chi connectivity index (χ2v) is 6.25. The van der Waals surface area contributed by atoms with Crippen molar-refractivity contribution in [1.29, 1.82) is 0 Å². The molecule has 2 aliphatic rings. The lowest BCUT2D eigenvalue weighted by molar-refractivity contribution is 0.213. The summed E-state index contributed by atoms with van der Waals surface area (Å²) in [6.07, 6.45) is 2.80. The van der Waals surface area contributed by atoms with Crippen molar-refractivity contribution in [1.82, 2.24) is 10.2 Å². The first-order valence-electron chi connectivity index (χ1n) is 5.84. The van der Waals surface area contributed by atoms with Crippen molar-refractivity contribution in [2.24, 2.45) is 0 Å².